The Balaban J connectivity index is 1.94. The lowest BCUT2D eigenvalue weighted by Gasteiger charge is -2.18. The molecule has 1 aromatic carbocycles. The highest BCUT2D eigenvalue weighted by atomic mass is 79.9. The van der Waals surface area contributed by atoms with E-state index in [1.807, 2.05) is 6.07 Å². The molecule has 1 atom stereocenters. The Morgan fingerprint density at radius 3 is 2.71 bits per heavy atom. The van der Waals surface area contributed by atoms with Crippen molar-refractivity contribution in [2.45, 2.75) is 19.4 Å². The fraction of sp³-hybridized carbons (Fsp3) is 0.375. The molecule has 0 saturated carbocycles. The summed E-state index contributed by atoms with van der Waals surface area (Å²) in [6, 6.07) is 10.7. The zero-order valence-electron chi connectivity index (χ0n) is 11.9. The third kappa shape index (κ3) is 3.42. The van der Waals surface area contributed by atoms with Gasteiger partial charge >= 0.3 is 0 Å². The summed E-state index contributed by atoms with van der Waals surface area (Å²) >= 11 is 5.29. The summed E-state index contributed by atoms with van der Waals surface area (Å²) in [5.41, 5.74) is 1.20. The Bertz CT molecular complexity index is 614. The van der Waals surface area contributed by atoms with Crippen LogP contribution in [0.25, 0.3) is 0 Å². The van der Waals surface area contributed by atoms with Gasteiger partial charge in [-0.3, -0.25) is 0 Å². The summed E-state index contributed by atoms with van der Waals surface area (Å²) in [4.78, 5) is 1.29. The van der Waals surface area contributed by atoms with E-state index in [0.29, 0.717) is 6.61 Å². The summed E-state index contributed by atoms with van der Waals surface area (Å²) in [5.74, 6) is 1.70. The van der Waals surface area contributed by atoms with Crippen molar-refractivity contribution in [1.29, 1.82) is 0 Å². The quantitative estimate of drug-likeness (QED) is 0.869. The highest BCUT2D eigenvalue weighted by molar-refractivity contribution is 9.11. The fourth-order valence-corrected chi connectivity index (χ4v) is 3.96. The van der Waals surface area contributed by atoms with Gasteiger partial charge in [-0.25, -0.2) is 0 Å². The van der Waals surface area contributed by atoms with Crippen LogP contribution in [0.2, 0.25) is 0 Å². The molecule has 1 unspecified atom stereocenters. The minimum atomic E-state index is 0.184. The number of halogens is 1. The van der Waals surface area contributed by atoms with Gasteiger partial charge in [-0.2, -0.15) is 0 Å². The van der Waals surface area contributed by atoms with E-state index in [2.05, 4.69) is 52.4 Å². The van der Waals surface area contributed by atoms with Gasteiger partial charge in [0.1, 0.15) is 0 Å². The second-order valence-electron chi connectivity index (χ2n) is 4.89. The smallest absolute Gasteiger partial charge is 0.161 e. The van der Waals surface area contributed by atoms with Crippen molar-refractivity contribution in [3.8, 4) is 11.5 Å². The van der Waals surface area contributed by atoms with Crippen molar-refractivity contribution in [1.82, 2.24) is 5.32 Å². The predicted molar refractivity (Wildman–Crippen MR) is 89.6 cm³/mol. The molecule has 1 N–H and O–H groups in total. The van der Waals surface area contributed by atoms with Crippen molar-refractivity contribution < 1.29 is 9.47 Å². The molecule has 0 bridgehead atoms. The minimum absolute atomic E-state index is 0.184. The van der Waals surface area contributed by atoms with E-state index in [0.717, 1.165) is 34.9 Å². The maximum absolute atomic E-state index is 5.80. The first-order valence-electron chi connectivity index (χ1n) is 7.16. The van der Waals surface area contributed by atoms with Crippen molar-refractivity contribution in [2.75, 3.05) is 19.8 Å². The lowest BCUT2D eigenvalue weighted by atomic mass is 10.0. The Labute approximate surface area is 137 Å². The number of hydrogen-bond donors (Lipinski definition) is 1. The monoisotopic (exact) mass is 367 g/mol. The molecule has 0 amide bonds. The van der Waals surface area contributed by atoms with Crippen molar-refractivity contribution >= 4 is 27.3 Å². The van der Waals surface area contributed by atoms with Gasteiger partial charge in [0.15, 0.2) is 11.5 Å². The highest BCUT2D eigenvalue weighted by Gasteiger charge is 2.18. The van der Waals surface area contributed by atoms with Gasteiger partial charge in [0.25, 0.3) is 0 Å². The maximum atomic E-state index is 5.80. The SMILES string of the molecule is CCNC(c1ccc2c(c1)OCCCO2)c1ccc(Br)s1. The van der Waals surface area contributed by atoms with Crippen LogP contribution < -0.4 is 14.8 Å². The molecule has 21 heavy (non-hydrogen) atoms. The molecule has 1 aromatic heterocycles. The second-order valence-corrected chi connectivity index (χ2v) is 7.38. The first-order valence-corrected chi connectivity index (χ1v) is 8.77. The molecule has 0 fully saturated rings. The summed E-state index contributed by atoms with van der Waals surface area (Å²) < 4.78 is 12.7. The van der Waals surface area contributed by atoms with E-state index < -0.39 is 0 Å². The average molecular weight is 368 g/mol. The van der Waals surface area contributed by atoms with Crippen LogP contribution >= 0.6 is 27.3 Å². The number of rotatable bonds is 4. The zero-order valence-corrected chi connectivity index (χ0v) is 14.3. The summed E-state index contributed by atoms with van der Waals surface area (Å²) in [6.07, 6.45) is 0.929. The average Bonchev–Trinajstić information content (AvgIpc) is 2.78. The van der Waals surface area contributed by atoms with Crippen molar-refractivity contribution in [3.05, 3.63) is 44.6 Å². The molecule has 5 heteroatoms. The molecule has 2 heterocycles. The molecule has 0 radical (unpaired) electrons. The Morgan fingerprint density at radius 1 is 1.19 bits per heavy atom. The number of ether oxygens (including phenoxy) is 2. The predicted octanol–water partition coefficient (Wildman–Crippen LogP) is 4.37. The lowest BCUT2D eigenvalue weighted by molar-refractivity contribution is 0.297. The van der Waals surface area contributed by atoms with E-state index >= 15 is 0 Å². The van der Waals surface area contributed by atoms with Crippen LogP contribution in [-0.2, 0) is 0 Å². The van der Waals surface area contributed by atoms with Gasteiger partial charge in [0, 0.05) is 11.3 Å². The standard InChI is InChI=1S/C16H18BrNO2S/c1-2-18-16(14-6-7-15(17)21-14)11-4-5-12-13(10-11)20-9-3-8-19-12/h4-7,10,16,18H,2-3,8-9H2,1H3. The number of thiophene rings is 1. The Morgan fingerprint density at radius 2 is 2.00 bits per heavy atom. The molecule has 1 aliphatic rings. The third-order valence-corrected chi connectivity index (χ3v) is 5.08. The molecule has 1 aliphatic heterocycles. The van der Waals surface area contributed by atoms with Crippen molar-refractivity contribution in [2.24, 2.45) is 0 Å². The molecule has 0 aliphatic carbocycles. The molecule has 112 valence electrons. The molecule has 3 nitrogen and oxygen atoms in total. The summed E-state index contributed by atoms with van der Waals surface area (Å²) in [7, 11) is 0. The molecule has 0 saturated heterocycles. The zero-order chi connectivity index (χ0) is 14.7. The summed E-state index contributed by atoms with van der Waals surface area (Å²) in [5, 5.41) is 3.54. The topological polar surface area (TPSA) is 30.5 Å². The first-order chi connectivity index (χ1) is 10.3. The van der Waals surface area contributed by atoms with Crippen LogP contribution in [0.5, 0.6) is 11.5 Å². The maximum Gasteiger partial charge on any atom is 0.161 e. The van der Waals surface area contributed by atoms with Crippen LogP contribution in [0.3, 0.4) is 0 Å². The van der Waals surface area contributed by atoms with Crippen LogP contribution in [-0.4, -0.2) is 19.8 Å². The Kier molecular flexibility index (Phi) is 4.83. The van der Waals surface area contributed by atoms with E-state index in [4.69, 9.17) is 9.47 Å². The second kappa shape index (κ2) is 6.81. The van der Waals surface area contributed by atoms with Crippen LogP contribution in [0, 0.1) is 0 Å². The van der Waals surface area contributed by atoms with E-state index in [-0.39, 0.29) is 6.04 Å². The van der Waals surface area contributed by atoms with E-state index in [1.165, 1.54) is 10.4 Å². The summed E-state index contributed by atoms with van der Waals surface area (Å²) in [6.45, 7) is 4.47. The van der Waals surface area contributed by atoms with E-state index in [1.54, 1.807) is 11.3 Å². The molecule has 2 aromatic rings. The van der Waals surface area contributed by atoms with Crippen LogP contribution in [0.15, 0.2) is 34.1 Å². The fourth-order valence-electron chi connectivity index (χ4n) is 2.43. The lowest BCUT2D eigenvalue weighted by Crippen LogP contribution is -2.21. The van der Waals surface area contributed by atoms with Gasteiger partial charge in [-0.1, -0.05) is 13.0 Å². The van der Waals surface area contributed by atoms with Gasteiger partial charge in [0.05, 0.1) is 23.0 Å². The third-order valence-electron chi connectivity index (χ3n) is 3.39. The van der Waals surface area contributed by atoms with E-state index in [9.17, 15) is 0 Å². The normalized spacial score (nSPS) is 15.5. The van der Waals surface area contributed by atoms with Crippen LogP contribution in [0.4, 0.5) is 0 Å². The Hall–Kier alpha value is -1.04. The molecular formula is C16H18BrNO2S. The highest BCUT2D eigenvalue weighted by Crippen LogP contribution is 2.36. The minimum Gasteiger partial charge on any atom is -0.490 e. The number of nitrogens with one attached hydrogen (secondary N) is 1. The van der Waals surface area contributed by atoms with Gasteiger partial charge in [-0.05, 0) is 52.3 Å². The van der Waals surface area contributed by atoms with Crippen LogP contribution in [0.1, 0.15) is 29.8 Å². The number of benzene rings is 1. The molecule has 3 rings (SSSR count). The number of fused-ring (bicyclic) bond motifs is 1. The molecular weight excluding hydrogens is 350 g/mol. The van der Waals surface area contributed by atoms with Gasteiger partial charge < -0.3 is 14.8 Å². The number of hydrogen-bond acceptors (Lipinski definition) is 4. The van der Waals surface area contributed by atoms with Gasteiger partial charge in [-0.15, -0.1) is 11.3 Å². The van der Waals surface area contributed by atoms with Gasteiger partial charge in [0.2, 0.25) is 0 Å². The van der Waals surface area contributed by atoms with Crippen molar-refractivity contribution in [3.63, 3.8) is 0 Å². The largest absolute Gasteiger partial charge is 0.490 e. The first kappa shape index (κ1) is 14.9. The molecule has 0 spiro atoms.